The van der Waals surface area contributed by atoms with Crippen LogP contribution in [0.25, 0.3) is 0 Å². The van der Waals surface area contributed by atoms with Gasteiger partial charge in [0.2, 0.25) is 0 Å². The third-order valence-corrected chi connectivity index (χ3v) is 3.07. The number of rotatable bonds is 2. The number of carboxylic acid groups (broad SMARTS) is 1. The summed E-state index contributed by atoms with van der Waals surface area (Å²) in [6.07, 6.45) is 2.48. The molecule has 0 bridgehead atoms. The Morgan fingerprint density at radius 2 is 2.44 bits per heavy atom. The maximum absolute atomic E-state index is 10.7. The summed E-state index contributed by atoms with van der Waals surface area (Å²) >= 11 is 6.03. The minimum absolute atomic E-state index is 0.126. The van der Waals surface area contributed by atoms with E-state index in [0.717, 1.165) is 19.5 Å². The molecule has 0 aliphatic carbocycles. The summed E-state index contributed by atoms with van der Waals surface area (Å²) in [5.41, 5.74) is 0.126. The summed E-state index contributed by atoms with van der Waals surface area (Å²) < 4.78 is 0. The van der Waals surface area contributed by atoms with Gasteiger partial charge in [-0.2, -0.15) is 0 Å². The van der Waals surface area contributed by atoms with Crippen LogP contribution in [0, 0.1) is 5.92 Å². The van der Waals surface area contributed by atoms with Gasteiger partial charge in [0.1, 0.15) is 5.82 Å². The van der Waals surface area contributed by atoms with E-state index >= 15 is 0 Å². The van der Waals surface area contributed by atoms with Crippen molar-refractivity contribution in [3.05, 3.63) is 22.8 Å². The quantitative estimate of drug-likeness (QED) is 0.862. The van der Waals surface area contributed by atoms with Crippen molar-refractivity contribution < 1.29 is 9.90 Å². The van der Waals surface area contributed by atoms with Crippen molar-refractivity contribution in [2.45, 2.75) is 13.3 Å². The molecule has 1 saturated heterocycles. The van der Waals surface area contributed by atoms with Gasteiger partial charge in [0, 0.05) is 19.3 Å². The molecule has 0 aromatic carbocycles. The molecule has 1 N–H and O–H groups in total. The zero-order valence-electron chi connectivity index (χ0n) is 8.98. The molecule has 0 radical (unpaired) electrons. The summed E-state index contributed by atoms with van der Waals surface area (Å²) in [6, 6.07) is 1.45. The Morgan fingerprint density at radius 3 is 2.94 bits per heavy atom. The average Bonchev–Trinajstić information content (AvgIpc) is 2.64. The highest BCUT2D eigenvalue weighted by Gasteiger charge is 2.22. The first-order chi connectivity index (χ1) is 7.58. The van der Waals surface area contributed by atoms with Crippen molar-refractivity contribution in [2.75, 3.05) is 18.0 Å². The zero-order valence-corrected chi connectivity index (χ0v) is 9.74. The van der Waals surface area contributed by atoms with E-state index in [1.54, 1.807) is 0 Å². The molecular formula is C11H13ClN2O2. The molecule has 1 fully saturated rings. The van der Waals surface area contributed by atoms with Crippen molar-refractivity contribution >= 4 is 23.4 Å². The molecule has 16 heavy (non-hydrogen) atoms. The predicted molar refractivity (Wildman–Crippen MR) is 62.2 cm³/mol. The Kier molecular flexibility index (Phi) is 3.01. The highest BCUT2D eigenvalue weighted by molar-refractivity contribution is 6.33. The number of carbonyl (C=O) groups is 1. The highest BCUT2D eigenvalue weighted by Crippen LogP contribution is 2.28. The fourth-order valence-corrected chi connectivity index (χ4v) is 2.19. The van der Waals surface area contributed by atoms with Gasteiger partial charge in [-0.05, 0) is 18.4 Å². The zero-order chi connectivity index (χ0) is 11.7. The normalized spacial score (nSPS) is 20.1. The van der Waals surface area contributed by atoms with E-state index in [9.17, 15) is 4.79 Å². The molecule has 5 heteroatoms. The predicted octanol–water partition coefficient (Wildman–Crippen LogP) is 2.28. The van der Waals surface area contributed by atoms with Gasteiger partial charge in [0.05, 0.1) is 10.6 Å². The van der Waals surface area contributed by atoms with Crippen LogP contribution >= 0.6 is 11.6 Å². The number of halogens is 1. The largest absolute Gasteiger partial charge is 0.478 e. The van der Waals surface area contributed by atoms with Gasteiger partial charge in [-0.3, -0.25) is 0 Å². The maximum Gasteiger partial charge on any atom is 0.337 e. The van der Waals surface area contributed by atoms with Crippen LogP contribution in [-0.4, -0.2) is 29.1 Å². The first-order valence-corrected chi connectivity index (χ1v) is 5.59. The highest BCUT2D eigenvalue weighted by atomic mass is 35.5. The van der Waals surface area contributed by atoms with Crippen molar-refractivity contribution in [1.29, 1.82) is 0 Å². The second kappa shape index (κ2) is 4.29. The van der Waals surface area contributed by atoms with Gasteiger partial charge in [-0.15, -0.1) is 0 Å². The molecule has 2 rings (SSSR count). The van der Waals surface area contributed by atoms with E-state index in [-0.39, 0.29) is 5.56 Å². The molecule has 1 unspecified atom stereocenters. The third-order valence-electron chi connectivity index (χ3n) is 2.79. The fraction of sp³-hybridized carbons (Fsp3) is 0.455. The van der Waals surface area contributed by atoms with Gasteiger partial charge in [-0.25, -0.2) is 9.78 Å². The number of aromatic carboxylic acids is 1. The van der Waals surface area contributed by atoms with E-state index in [0.29, 0.717) is 16.8 Å². The number of hydrogen-bond donors (Lipinski definition) is 1. The lowest BCUT2D eigenvalue weighted by Gasteiger charge is -2.18. The number of carboxylic acids is 1. The number of pyridine rings is 1. The molecule has 1 atom stereocenters. The lowest BCUT2D eigenvalue weighted by atomic mass is 10.2. The van der Waals surface area contributed by atoms with Gasteiger partial charge in [0.15, 0.2) is 0 Å². The van der Waals surface area contributed by atoms with Gasteiger partial charge in [-0.1, -0.05) is 18.5 Å². The van der Waals surface area contributed by atoms with E-state index < -0.39 is 5.97 Å². The van der Waals surface area contributed by atoms with E-state index in [1.165, 1.54) is 12.3 Å². The topological polar surface area (TPSA) is 53.4 Å². The number of nitrogens with zero attached hydrogens (tertiary/aromatic N) is 2. The first-order valence-electron chi connectivity index (χ1n) is 5.21. The molecule has 1 aromatic heterocycles. The Morgan fingerprint density at radius 1 is 1.69 bits per heavy atom. The lowest BCUT2D eigenvalue weighted by Crippen LogP contribution is -2.20. The molecule has 0 spiro atoms. The summed E-state index contributed by atoms with van der Waals surface area (Å²) in [5.74, 6) is 0.323. The molecule has 4 nitrogen and oxygen atoms in total. The minimum Gasteiger partial charge on any atom is -0.478 e. The van der Waals surface area contributed by atoms with Gasteiger partial charge in [0.25, 0.3) is 0 Å². The summed E-state index contributed by atoms with van der Waals surface area (Å²) in [5, 5.41) is 9.21. The Hall–Kier alpha value is -1.29. The smallest absolute Gasteiger partial charge is 0.337 e. The Balaban J connectivity index is 2.26. The molecule has 1 aliphatic rings. The standard InChI is InChI=1S/C11H13ClN2O2/c1-7-2-3-14(6-7)10-9(12)4-8(5-13-10)11(15)16/h4-5,7H,2-3,6H2,1H3,(H,15,16). The number of hydrogen-bond acceptors (Lipinski definition) is 3. The van der Waals surface area contributed by atoms with Crippen LogP contribution in [0.3, 0.4) is 0 Å². The van der Waals surface area contributed by atoms with Crippen LogP contribution in [-0.2, 0) is 0 Å². The van der Waals surface area contributed by atoms with Crippen molar-refractivity contribution in [1.82, 2.24) is 4.98 Å². The van der Waals surface area contributed by atoms with Crippen LogP contribution in [0.5, 0.6) is 0 Å². The van der Waals surface area contributed by atoms with Gasteiger partial charge < -0.3 is 10.0 Å². The van der Waals surface area contributed by atoms with Crippen molar-refractivity contribution in [3.63, 3.8) is 0 Å². The second-order valence-corrected chi connectivity index (χ2v) is 4.58. The maximum atomic E-state index is 10.7. The van der Waals surface area contributed by atoms with Crippen LogP contribution in [0.1, 0.15) is 23.7 Å². The molecule has 0 saturated carbocycles. The van der Waals surface area contributed by atoms with Crippen LogP contribution in [0.15, 0.2) is 12.3 Å². The second-order valence-electron chi connectivity index (χ2n) is 4.17. The molecule has 1 aliphatic heterocycles. The van der Waals surface area contributed by atoms with E-state index in [4.69, 9.17) is 16.7 Å². The average molecular weight is 241 g/mol. The monoisotopic (exact) mass is 240 g/mol. The van der Waals surface area contributed by atoms with Crippen molar-refractivity contribution in [3.8, 4) is 0 Å². The number of anilines is 1. The third kappa shape index (κ3) is 2.11. The van der Waals surface area contributed by atoms with Gasteiger partial charge >= 0.3 is 5.97 Å². The van der Waals surface area contributed by atoms with Crippen LogP contribution in [0.4, 0.5) is 5.82 Å². The van der Waals surface area contributed by atoms with Crippen molar-refractivity contribution in [2.24, 2.45) is 5.92 Å². The SMILES string of the molecule is CC1CCN(c2ncc(C(=O)O)cc2Cl)C1. The Labute approximate surface area is 98.9 Å². The molecule has 86 valence electrons. The minimum atomic E-state index is -1.00. The first kappa shape index (κ1) is 11.2. The van der Waals surface area contributed by atoms with E-state index in [1.807, 2.05) is 0 Å². The Bertz CT molecular complexity index is 422. The van der Waals surface area contributed by atoms with E-state index in [2.05, 4.69) is 16.8 Å². The lowest BCUT2D eigenvalue weighted by molar-refractivity contribution is 0.0696. The summed E-state index contributed by atoms with van der Waals surface area (Å²) in [4.78, 5) is 17.0. The summed E-state index contributed by atoms with van der Waals surface area (Å²) in [6.45, 7) is 4.04. The van der Waals surface area contributed by atoms with Crippen LogP contribution < -0.4 is 4.90 Å². The molecule has 0 amide bonds. The molecule has 2 heterocycles. The summed E-state index contributed by atoms with van der Waals surface area (Å²) in [7, 11) is 0. The molecular weight excluding hydrogens is 228 g/mol. The van der Waals surface area contributed by atoms with Crippen LogP contribution in [0.2, 0.25) is 5.02 Å². The number of aromatic nitrogens is 1. The molecule has 1 aromatic rings. The fourth-order valence-electron chi connectivity index (χ4n) is 1.91.